The maximum atomic E-state index is 12.0. The number of aromatic hydroxyl groups is 1. The van der Waals surface area contributed by atoms with E-state index in [2.05, 4.69) is 5.32 Å². The number of amides is 1. The van der Waals surface area contributed by atoms with Crippen LogP contribution in [0.5, 0.6) is 5.75 Å². The average Bonchev–Trinajstić information content (AvgIpc) is 2.41. The summed E-state index contributed by atoms with van der Waals surface area (Å²) in [5, 5.41) is 12.7. The Morgan fingerprint density at radius 3 is 2.55 bits per heavy atom. The van der Waals surface area contributed by atoms with Gasteiger partial charge >= 0.3 is 0 Å². The van der Waals surface area contributed by atoms with Crippen molar-refractivity contribution in [2.75, 3.05) is 6.54 Å². The molecule has 20 heavy (non-hydrogen) atoms. The van der Waals surface area contributed by atoms with Gasteiger partial charge in [0.1, 0.15) is 5.75 Å². The number of phenols is 1. The summed E-state index contributed by atoms with van der Waals surface area (Å²) in [6, 6.07) is 12.2. The maximum absolute atomic E-state index is 12.0. The van der Waals surface area contributed by atoms with E-state index in [1.54, 1.807) is 30.3 Å². The van der Waals surface area contributed by atoms with Crippen LogP contribution in [0.2, 0.25) is 5.02 Å². The molecule has 4 heteroatoms. The van der Waals surface area contributed by atoms with Gasteiger partial charge in [0.25, 0.3) is 5.91 Å². The van der Waals surface area contributed by atoms with E-state index in [0.29, 0.717) is 17.1 Å². The Bertz CT molecular complexity index is 608. The Labute approximate surface area is 123 Å². The van der Waals surface area contributed by atoms with E-state index in [1.807, 2.05) is 19.1 Å². The van der Waals surface area contributed by atoms with Crippen molar-refractivity contribution in [1.29, 1.82) is 0 Å². The standard InChI is InChI=1S/C16H16ClNO2/c1-11-10-13(17)4-7-15(11)16(20)18-9-8-12-2-5-14(19)6-3-12/h2-7,10,19H,8-9H2,1H3,(H,18,20). The van der Waals surface area contributed by atoms with Crippen LogP contribution in [-0.4, -0.2) is 17.6 Å². The van der Waals surface area contributed by atoms with Crippen molar-refractivity contribution in [3.8, 4) is 5.75 Å². The monoisotopic (exact) mass is 289 g/mol. The van der Waals surface area contributed by atoms with Crippen LogP contribution in [0.4, 0.5) is 0 Å². The number of nitrogens with one attached hydrogen (secondary N) is 1. The molecule has 104 valence electrons. The number of rotatable bonds is 4. The fourth-order valence-electron chi connectivity index (χ4n) is 1.96. The number of carbonyl (C=O) groups excluding carboxylic acids is 1. The lowest BCUT2D eigenvalue weighted by Crippen LogP contribution is -2.26. The van der Waals surface area contributed by atoms with Gasteiger partial charge in [0, 0.05) is 17.1 Å². The van der Waals surface area contributed by atoms with Crippen LogP contribution < -0.4 is 5.32 Å². The number of benzene rings is 2. The molecule has 0 bridgehead atoms. The van der Waals surface area contributed by atoms with E-state index in [0.717, 1.165) is 17.5 Å². The molecule has 0 radical (unpaired) electrons. The van der Waals surface area contributed by atoms with Gasteiger partial charge in [-0.15, -0.1) is 0 Å². The molecule has 0 aliphatic heterocycles. The molecule has 2 aromatic rings. The SMILES string of the molecule is Cc1cc(Cl)ccc1C(=O)NCCc1ccc(O)cc1. The second-order valence-corrected chi connectivity index (χ2v) is 5.07. The number of halogens is 1. The number of carbonyl (C=O) groups is 1. The predicted octanol–water partition coefficient (Wildman–Crippen LogP) is 3.33. The average molecular weight is 290 g/mol. The van der Waals surface area contributed by atoms with Gasteiger partial charge in [-0.3, -0.25) is 4.79 Å². The lowest BCUT2D eigenvalue weighted by Gasteiger charge is -2.08. The summed E-state index contributed by atoms with van der Waals surface area (Å²) in [5.74, 6) is 0.146. The molecule has 0 saturated carbocycles. The van der Waals surface area contributed by atoms with Crippen molar-refractivity contribution in [3.63, 3.8) is 0 Å². The summed E-state index contributed by atoms with van der Waals surface area (Å²) in [6.07, 6.45) is 0.721. The highest BCUT2D eigenvalue weighted by Crippen LogP contribution is 2.15. The van der Waals surface area contributed by atoms with Crippen molar-refractivity contribution in [2.24, 2.45) is 0 Å². The highest BCUT2D eigenvalue weighted by atomic mass is 35.5. The molecule has 0 heterocycles. The van der Waals surface area contributed by atoms with Crippen molar-refractivity contribution < 1.29 is 9.90 Å². The zero-order chi connectivity index (χ0) is 14.5. The third kappa shape index (κ3) is 3.75. The van der Waals surface area contributed by atoms with Crippen LogP contribution in [0.25, 0.3) is 0 Å². The summed E-state index contributed by atoms with van der Waals surface area (Å²) in [5.41, 5.74) is 2.57. The minimum absolute atomic E-state index is 0.0991. The van der Waals surface area contributed by atoms with E-state index < -0.39 is 0 Å². The molecule has 0 spiro atoms. The van der Waals surface area contributed by atoms with E-state index in [4.69, 9.17) is 11.6 Å². The van der Waals surface area contributed by atoms with Gasteiger partial charge in [0.05, 0.1) is 0 Å². The molecule has 0 atom stereocenters. The number of hydrogen-bond acceptors (Lipinski definition) is 2. The van der Waals surface area contributed by atoms with Gasteiger partial charge in [0.2, 0.25) is 0 Å². The van der Waals surface area contributed by atoms with Gasteiger partial charge in [-0.25, -0.2) is 0 Å². The summed E-state index contributed by atoms with van der Waals surface area (Å²) < 4.78 is 0. The molecule has 0 saturated heterocycles. The van der Waals surface area contributed by atoms with Crippen molar-refractivity contribution in [3.05, 3.63) is 64.2 Å². The zero-order valence-corrected chi connectivity index (χ0v) is 11.9. The number of phenolic OH excluding ortho intramolecular Hbond substituents is 1. The summed E-state index contributed by atoms with van der Waals surface area (Å²) in [4.78, 5) is 12.0. The lowest BCUT2D eigenvalue weighted by atomic mass is 10.1. The van der Waals surface area contributed by atoms with Crippen LogP contribution in [-0.2, 0) is 6.42 Å². The van der Waals surface area contributed by atoms with Crippen LogP contribution in [0.15, 0.2) is 42.5 Å². The first-order valence-electron chi connectivity index (χ1n) is 6.38. The Hall–Kier alpha value is -2.00. The highest BCUT2D eigenvalue weighted by Gasteiger charge is 2.08. The second kappa shape index (κ2) is 6.44. The van der Waals surface area contributed by atoms with Crippen LogP contribution >= 0.6 is 11.6 Å². The third-order valence-corrected chi connectivity index (χ3v) is 3.30. The van der Waals surface area contributed by atoms with E-state index in [1.165, 1.54) is 0 Å². The highest BCUT2D eigenvalue weighted by molar-refractivity contribution is 6.30. The van der Waals surface area contributed by atoms with Crippen molar-refractivity contribution in [1.82, 2.24) is 5.32 Å². The molecule has 0 aromatic heterocycles. The van der Waals surface area contributed by atoms with E-state index >= 15 is 0 Å². The van der Waals surface area contributed by atoms with Gasteiger partial charge in [-0.05, 0) is 54.8 Å². The first-order chi connectivity index (χ1) is 9.56. The summed E-state index contributed by atoms with van der Waals surface area (Å²) in [6.45, 7) is 2.41. The first kappa shape index (κ1) is 14.4. The maximum Gasteiger partial charge on any atom is 0.251 e. The molecule has 2 N–H and O–H groups in total. The zero-order valence-electron chi connectivity index (χ0n) is 11.2. The van der Waals surface area contributed by atoms with Gasteiger partial charge in [-0.1, -0.05) is 23.7 Å². The van der Waals surface area contributed by atoms with Gasteiger partial charge in [0.15, 0.2) is 0 Å². The van der Waals surface area contributed by atoms with Crippen LogP contribution in [0, 0.1) is 6.92 Å². The molecule has 3 nitrogen and oxygen atoms in total. The fourth-order valence-corrected chi connectivity index (χ4v) is 2.19. The number of aryl methyl sites for hydroxylation is 1. The molecule has 0 aliphatic carbocycles. The summed E-state index contributed by atoms with van der Waals surface area (Å²) >= 11 is 5.87. The normalized spacial score (nSPS) is 10.3. The van der Waals surface area contributed by atoms with Crippen molar-refractivity contribution in [2.45, 2.75) is 13.3 Å². The minimum Gasteiger partial charge on any atom is -0.508 e. The van der Waals surface area contributed by atoms with E-state index in [9.17, 15) is 9.90 Å². The lowest BCUT2D eigenvalue weighted by molar-refractivity contribution is 0.0953. The molecular formula is C16H16ClNO2. The Morgan fingerprint density at radius 2 is 1.90 bits per heavy atom. The molecule has 0 unspecified atom stereocenters. The quantitative estimate of drug-likeness (QED) is 0.907. The third-order valence-electron chi connectivity index (χ3n) is 3.07. The predicted molar refractivity (Wildman–Crippen MR) is 80.3 cm³/mol. The molecule has 0 aliphatic rings. The molecular weight excluding hydrogens is 274 g/mol. The molecule has 0 fully saturated rings. The summed E-state index contributed by atoms with van der Waals surface area (Å²) in [7, 11) is 0. The Balaban J connectivity index is 1.90. The van der Waals surface area contributed by atoms with E-state index in [-0.39, 0.29) is 11.7 Å². The van der Waals surface area contributed by atoms with Crippen LogP contribution in [0.3, 0.4) is 0 Å². The Kier molecular flexibility index (Phi) is 4.64. The van der Waals surface area contributed by atoms with Crippen LogP contribution in [0.1, 0.15) is 21.5 Å². The number of hydrogen-bond donors (Lipinski definition) is 2. The fraction of sp³-hybridized carbons (Fsp3) is 0.188. The molecule has 2 aromatic carbocycles. The van der Waals surface area contributed by atoms with Gasteiger partial charge < -0.3 is 10.4 Å². The topological polar surface area (TPSA) is 49.3 Å². The smallest absolute Gasteiger partial charge is 0.251 e. The first-order valence-corrected chi connectivity index (χ1v) is 6.76. The molecule has 1 amide bonds. The largest absolute Gasteiger partial charge is 0.508 e. The molecule has 2 rings (SSSR count). The second-order valence-electron chi connectivity index (χ2n) is 4.63. The minimum atomic E-state index is -0.0991. The van der Waals surface area contributed by atoms with Crippen molar-refractivity contribution >= 4 is 17.5 Å². The Morgan fingerprint density at radius 1 is 1.20 bits per heavy atom. The van der Waals surface area contributed by atoms with Gasteiger partial charge in [-0.2, -0.15) is 0 Å².